The Morgan fingerprint density at radius 1 is 0.895 bits per heavy atom. The predicted octanol–water partition coefficient (Wildman–Crippen LogP) is 4.89. The third kappa shape index (κ3) is 7.25. The Balaban J connectivity index is 1.56. The summed E-state index contributed by atoms with van der Waals surface area (Å²) < 4.78 is 27.0. The molecule has 0 aliphatic rings. The van der Waals surface area contributed by atoms with Gasteiger partial charge < -0.3 is 23.7 Å². The average molecular weight is 521 g/mol. The fourth-order valence-corrected chi connectivity index (χ4v) is 3.58. The molecule has 0 saturated carbocycles. The van der Waals surface area contributed by atoms with Gasteiger partial charge in [0.25, 0.3) is 5.91 Å². The van der Waals surface area contributed by atoms with Gasteiger partial charge in [-0.2, -0.15) is 5.10 Å². The van der Waals surface area contributed by atoms with Gasteiger partial charge in [-0.25, -0.2) is 10.2 Å². The number of hydrogen-bond donors (Lipinski definition) is 1. The highest BCUT2D eigenvalue weighted by Gasteiger charge is 2.18. The van der Waals surface area contributed by atoms with E-state index >= 15 is 0 Å². The number of carbonyl (C=O) groups is 2. The van der Waals surface area contributed by atoms with E-state index in [9.17, 15) is 9.59 Å². The second-order valence-corrected chi connectivity index (χ2v) is 8.65. The molecule has 0 saturated heterocycles. The monoisotopic (exact) mass is 520 g/mol. The molecule has 38 heavy (non-hydrogen) atoms. The molecular weight excluding hydrogens is 488 g/mol. The lowest BCUT2D eigenvalue weighted by atomic mass is 10.0. The Kier molecular flexibility index (Phi) is 9.70. The number of carbonyl (C=O) groups excluding carboxylic acids is 2. The van der Waals surface area contributed by atoms with Crippen LogP contribution in [-0.2, 0) is 4.79 Å². The average Bonchev–Trinajstić information content (AvgIpc) is 2.91. The summed E-state index contributed by atoms with van der Waals surface area (Å²) in [4.78, 5) is 24.8. The summed E-state index contributed by atoms with van der Waals surface area (Å²) in [7, 11) is 4.42. The molecule has 0 atom stereocenters. The Hall–Kier alpha value is -4.53. The fraction of sp³-hybridized carbons (Fsp3) is 0.276. The number of amides is 1. The van der Waals surface area contributed by atoms with Crippen LogP contribution in [0.1, 0.15) is 46.8 Å². The van der Waals surface area contributed by atoms with Crippen LogP contribution in [0, 0.1) is 6.92 Å². The largest absolute Gasteiger partial charge is 0.493 e. The highest BCUT2D eigenvalue weighted by atomic mass is 16.5. The van der Waals surface area contributed by atoms with E-state index in [1.807, 2.05) is 25.1 Å². The first-order valence-corrected chi connectivity index (χ1v) is 11.9. The number of hydrazone groups is 1. The van der Waals surface area contributed by atoms with E-state index in [1.165, 1.54) is 39.7 Å². The topological polar surface area (TPSA) is 105 Å². The second kappa shape index (κ2) is 13.1. The summed E-state index contributed by atoms with van der Waals surface area (Å²) in [5.41, 5.74) is 5.48. The quantitative estimate of drug-likeness (QED) is 0.166. The standard InChI is InChI=1S/C29H32N2O7/c1-18(2)23-12-7-19(3)13-24(23)37-17-27(32)31-30-16-20-8-10-22(11-9-20)38-29(33)21-14-25(34-4)28(36-6)26(15-21)35-5/h7-16,18H,17H2,1-6H3,(H,31,32). The Labute approximate surface area is 222 Å². The third-order valence-electron chi connectivity index (χ3n) is 5.54. The first-order chi connectivity index (χ1) is 18.2. The number of ether oxygens (including phenoxy) is 5. The van der Waals surface area contributed by atoms with Gasteiger partial charge in [0.2, 0.25) is 5.75 Å². The van der Waals surface area contributed by atoms with Crippen molar-refractivity contribution in [3.05, 3.63) is 76.9 Å². The highest BCUT2D eigenvalue weighted by molar-refractivity contribution is 5.93. The smallest absolute Gasteiger partial charge is 0.343 e. The molecule has 0 aromatic heterocycles. The van der Waals surface area contributed by atoms with Crippen LogP contribution < -0.4 is 29.1 Å². The Morgan fingerprint density at radius 3 is 2.13 bits per heavy atom. The van der Waals surface area contributed by atoms with Gasteiger partial charge in [-0.1, -0.05) is 26.0 Å². The maximum atomic E-state index is 12.7. The van der Waals surface area contributed by atoms with Crippen molar-refractivity contribution in [2.24, 2.45) is 5.10 Å². The number of nitrogens with zero attached hydrogens (tertiary/aromatic N) is 1. The molecule has 0 radical (unpaired) electrons. The Bertz CT molecular complexity index is 1280. The van der Waals surface area contributed by atoms with Crippen molar-refractivity contribution in [2.75, 3.05) is 27.9 Å². The van der Waals surface area contributed by atoms with Gasteiger partial charge in [0.15, 0.2) is 18.1 Å². The molecule has 0 aliphatic carbocycles. The lowest BCUT2D eigenvalue weighted by Gasteiger charge is -2.14. The molecule has 9 heteroatoms. The maximum absolute atomic E-state index is 12.7. The molecule has 0 unspecified atom stereocenters. The van der Waals surface area contributed by atoms with E-state index in [0.717, 1.165) is 11.1 Å². The van der Waals surface area contributed by atoms with Crippen molar-refractivity contribution in [1.82, 2.24) is 5.43 Å². The normalized spacial score (nSPS) is 10.8. The molecule has 200 valence electrons. The molecule has 1 amide bonds. The highest BCUT2D eigenvalue weighted by Crippen LogP contribution is 2.38. The molecular formula is C29H32N2O7. The lowest BCUT2D eigenvalue weighted by molar-refractivity contribution is -0.123. The summed E-state index contributed by atoms with van der Waals surface area (Å²) >= 11 is 0. The van der Waals surface area contributed by atoms with Crippen LogP contribution >= 0.6 is 0 Å². The number of methoxy groups -OCH3 is 3. The molecule has 3 rings (SSSR count). The zero-order valence-corrected chi connectivity index (χ0v) is 22.4. The summed E-state index contributed by atoms with van der Waals surface area (Å²) in [6.07, 6.45) is 1.48. The number of esters is 1. The maximum Gasteiger partial charge on any atom is 0.343 e. The molecule has 0 spiro atoms. The third-order valence-corrected chi connectivity index (χ3v) is 5.54. The van der Waals surface area contributed by atoms with E-state index in [2.05, 4.69) is 24.4 Å². The zero-order valence-electron chi connectivity index (χ0n) is 22.4. The SMILES string of the molecule is COc1cc(C(=O)Oc2ccc(C=NNC(=O)COc3cc(C)ccc3C(C)C)cc2)cc(OC)c1OC. The molecule has 1 N–H and O–H groups in total. The lowest BCUT2D eigenvalue weighted by Crippen LogP contribution is -2.25. The van der Waals surface area contributed by atoms with Gasteiger partial charge in [-0.15, -0.1) is 0 Å². The van der Waals surface area contributed by atoms with Crippen molar-refractivity contribution < 1.29 is 33.3 Å². The second-order valence-electron chi connectivity index (χ2n) is 8.65. The fourth-order valence-electron chi connectivity index (χ4n) is 3.58. The first-order valence-electron chi connectivity index (χ1n) is 11.9. The van der Waals surface area contributed by atoms with E-state index in [4.69, 9.17) is 23.7 Å². The summed E-state index contributed by atoms with van der Waals surface area (Å²) in [5.74, 6) is 1.39. The molecule has 0 fully saturated rings. The summed E-state index contributed by atoms with van der Waals surface area (Å²) in [5, 5.41) is 3.97. The van der Waals surface area contributed by atoms with E-state index < -0.39 is 5.97 Å². The predicted molar refractivity (Wildman–Crippen MR) is 144 cm³/mol. The number of benzene rings is 3. The van der Waals surface area contributed by atoms with Gasteiger partial charge in [0.05, 0.1) is 33.1 Å². The van der Waals surface area contributed by atoms with Crippen molar-refractivity contribution >= 4 is 18.1 Å². The molecule has 3 aromatic carbocycles. The van der Waals surface area contributed by atoms with Crippen LogP contribution in [0.5, 0.6) is 28.7 Å². The summed E-state index contributed by atoms with van der Waals surface area (Å²) in [6, 6.07) is 15.6. The van der Waals surface area contributed by atoms with Crippen molar-refractivity contribution in [3.8, 4) is 28.7 Å². The van der Waals surface area contributed by atoms with Crippen molar-refractivity contribution in [3.63, 3.8) is 0 Å². The number of hydrogen-bond acceptors (Lipinski definition) is 8. The van der Waals surface area contributed by atoms with Crippen LogP contribution in [0.4, 0.5) is 0 Å². The first kappa shape index (κ1) is 28.0. The number of nitrogens with one attached hydrogen (secondary N) is 1. The molecule has 0 heterocycles. The van der Waals surface area contributed by atoms with Crippen LogP contribution in [0.15, 0.2) is 59.7 Å². The van der Waals surface area contributed by atoms with E-state index in [1.54, 1.807) is 24.3 Å². The number of aryl methyl sites for hydroxylation is 1. The minimum atomic E-state index is -0.591. The minimum Gasteiger partial charge on any atom is -0.493 e. The van der Waals surface area contributed by atoms with Crippen LogP contribution in [0.3, 0.4) is 0 Å². The number of rotatable bonds is 11. The van der Waals surface area contributed by atoms with Gasteiger partial charge in [-0.05, 0) is 72.0 Å². The Morgan fingerprint density at radius 2 is 1.55 bits per heavy atom. The molecule has 0 bridgehead atoms. The van der Waals surface area contributed by atoms with E-state index in [-0.39, 0.29) is 24.0 Å². The van der Waals surface area contributed by atoms with Gasteiger partial charge >= 0.3 is 5.97 Å². The summed E-state index contributed by atoms with van der Waals surface area (Å²) in [6.45, 7) is 5.96. The molecule has 9 nitrogen and oxygen atoms in total. The van der Waals surface area contributed by atoms with Crippen molar-refractivity contribution in [1.29, 1.82) is 0 Å². The minimum absolute atomic E-state index is 0.156. The van der Waals surface area contributed by atoms with Gasteiger partial charge in [0, 0.05) is 0 Å². The van der Waals surface area contributed by atoms with Crippen LogP contribution in [0.2, 0.25) is 0 Å². The molecule has 3 aromatic rings. The van der Waals surface area contributed by atoms with Crippen LogP contribution in [0.25, 0.3) is 0 Å². The van der Waals surface area contributed by atoms with Gasteiger partial charge in [0.1, 0.15) is 11.5 Å². The zero-order chi connectivity index (χ0) is 27.7. The van der Waals surface area contributed by atoms with E-state index in [0.29, 0.717) is 34.3 Å². The van der Waals surface area contributed by atoms with Gasteiger partial charge in [-0.3, -0.25) is 4.79 Å². The molecule has 0 aliphatic heterocycles. The van der Waals surface area contributed by atoms with Crippen LogP contribution in [-0.4, -0.2) is 46.0 Å². The van der Waals surface area contributed by atoms with Crippen molar-refractivity contribution in [2.45, 2.75) is 26.7 Å².